The average Bonchev–Trinajstić information content (AvgIpc) is 3.24. The van der Waals surface area contributed by atoms with Crippen molar-refractivity contribution in [2.75, 3.05) is 13.2 Å². The monoisotopic (exact) mass is 544 g/mol. The van der Waals surface area contributed by atoms with E-state index in [1.807, 2.05) is 30.3 Å². The molecule has 0 amide bonds. The minimum Gasteiger partial charge on any atom is -0.462 e. The lowest BCUT2D eigenvalue weighted by Crippen LogP contribution is -2.17. The van der Waals surface area contributed by atoms with E-state index in [-0.39, 0.29) is 30.0 Å². The fourth-order valence-electron chi connectivity index (χ4n) is 4.43. The molecule has 7 nitrogen and oxygen atoms in total. The predicted molar refractivity (Wildman–Crippen MR) is 140 cm³/mol. The van der Waals surface area contributed by atoms with Crippen LogP contribution in [-0.4, -0.2) is 40.3 Å². The Morgan fingerprint density at radius 1 is 0.833 bits per heavy atom. The number of pyridine rings is 2. The third kappa shape index (κ3) is 3.83. The summed E-state index contributed by atoms with van der Waals surface area (Å²) in [7, 11) is 0. The molecule has 2 aromatic carbocycles. The topological polar surface area (TPSA) is 87.0 Å². The highest BCUT2D eigenvalue weighted by Gasteiger charge is 2.34. The second-order valence-corrected chi connectivity index (χ2v) is 8.92. The van der Waals surface area contributed by atoms with Crippen molar-refractivity contribution in [3.05, 3.63) is 93.7 Å². The third-order valence-electron chi connectivity index (χ3n) is 5.91. The van der Waals surface area contributed by atoms with Crippen molar-refractivity contribution >= 4 is 61.0 Å². The first-order valence-corrected chi connectivity index (χ1v) is 12.2. The van der Waals surface area contributed by atoms with Crippen LogP contribution in [-0.2, 0) is 9.47 Å². The summed E-state index contributed by atoms with van der Waals surface area (Å²) in [4.78, 5) is 45.2. The molecule has 0 N–H and O–H groups in total. The lowest BCUT2D eigenvalue weighted by atomic mass is 10.0. The first kappa shape index (κ1) is 23.7. The molecular weight excluding hydrogens is 524 g/mol. The number of halogens is 1. The fourth-order valence-corrected chi connectivity index (χ4v) is 4.69. The van der Waals surface area contributed by atoms with E-state index in [9.17, 15) is 14.4 Å². The van der Waals surface area contributed by atoms with Gasteiger partial charge in [0.1, 0.15) is 16.8 Å². The van der Waals surface area contributed by atoms with Gasteiger partial charge in [0.15, 0.2) is 0 Å². The van der Waals surface area contributed by atoms with Crippen molar-refractivity contribution in [2.24, 2.45) is 0 Å². The molecule has 180 valence electrons. The summed E-state index contributed by atoms with van der Waals surface area (Å²) < 4.78 is 13.1. The van der Waals surface area contributed by atoms with Crippen LogP contribution in [0.15, 0.2) is 71.3 Å². The van der Waals surface area contributed by atoms with Gasteiger partial charge in [-0.1, -0.05) is 40.2 Å². The number of carbonyl (C=O) groups is 3. The second kappa shape index (κ2) is 9.54. The van der Waals surface area contributed by atoms with E-state index in [1.54, 1.807) is 54.8 Å². The number of aromatic nitrogens is 2. The maximum absolute atomic E-state index is 14.1. The summed E-state index contributed by atoms with van der Waals surface area (Å²) in [5, 5.41) is 1.64. The van der Waals surface area contributed by atoms with E-state index in [2.05, 4.69) is 20.9 Å². The summed E-state index contributed by atoms with van der Waals surface area (Å²) in [6.07, 6.45) is 1.67. The second-order valence-electron chi connectivity index (χ2n) is 8.01. The van der Waals surface area contributed by atoms with Gasteiger partial charge in [-0.2, -0.15) is 0 Å². The fraction of sp³-hybridized carbons (Fsp3) is 0.143. The zero-order valence-corrected chi connectivity index (χ0v) is 21.2. The number of hydrogen-bond acceptors (Lipinski definition) is 6. The molecule has 0 saturated carbocycles. The quantitative estimate of drug-likeness (QED) is 0.148. The van der Waals surface area contributed by atoms with Crippen molar-refractivity contribution in [1.82, 2.24) is 9.38 Å². The molecule has 5 rings (SSSR count). The molecule has 0 radical (unpaired) electrons. The number of ketones is 1. The van der Waals surface area contributed by atoms with Crippen LogP contribution in [0.5, 0.6) is 0 Å². The van der Waals surface area contributed by atoms with E-state index < -0.39 is 17.7 Å². The Bertz CT molecular complexity index is 1670. The van der Waals surface area contributed by atoms with Crippen molar-refractivity contribution in [3.8, 4) is 0 Å². The van der Waals surface area contributed by atoms with E-state index in [0.717, 1.165) is 15.2 Å². The molecule has 3 aromatic heterocycles. The van der Waals surface area contributed by atoms with Gasteiger partial charge in [-0.15, -0.1) is 0 Å². The molecule has 0 atom stereocenters. The molecular formula is C28H21BrN2O5. The Morgan fingerprint density at radius 2 is 1.47 bits per heavy atom. The normalized spacial score (nSPS) is 11.2. The lowest BCUT2D eigenvalue weighted by molar-refractivity contribution is 0.0480. The van der Waals surface area contributed by atoms with Crippen LogP contribution >= 0.6 is 15.9 Å². The van der Waals surface area contributed by atoms with Crippen LogP contribution < -0.4 is 0 Å². The Hall–Kier alpha value is -4.04. The summed E-state index contributed by atoms with van der Waals surface area (Å²) in [5.41, 5.74) is 1.84. The van der Waals surface area contributed by atoms with Gasteiger partial charge in [-0.05, 0) is 50.2 Å². The van der Waals surface area contributed by atoms with Gasteiger partial charge >= 0.3 is 11.9 Å². The number of nitrogens with zero attached hydrogens (tertiary/aromatic N) is 2. The van der Waals surface area contributed by atoms with Crippen LogP contribution in [0.1, 0.15) is 50.6 Å². The van der Waals surface area contributed by atoms with Gasteiger partial charge in [0, 0.05) is 27.0 Å². The van der Waals surface area contributed by atoms with Crippen LogP contribution in [0.25, 0.3) is 27.3 Å². The van der Waals surface area contributed by atoms with Gasteiger partial charge in [0.2, 0.25) is 5.78 Å². The zero-order valence-electron chi connectivity index (χ0n) is 19.6. The van der Waals surface area contributed by atoms with Gasteiger partial charge in [-0.3, -0.25) is 9.78 Å². The Kier molecular flexibility index (Phi) is 6.28. The number of ether oxygens (including phenoxy) is 2. The lowest BCUT2D eigenvalue weighted by Gasteiger charge is -2.11. The minimum absolute atomic E-state index is 0.00871. The largest absolute Gasteiger partial charge is 0.462 e. The SMILES string of the molecule is CCOC(=O)c1c(C(=O)OCC)c2ccc3ccc4cccnc4c3n2c1C(=O)c1ccc(Br)cc1. The maximum atomic E-state index is 14.1. The smallest absolute Gasteiger partial charge is 0.341 e. The number of esters is 2. The molecule has 0 saturated heterocycles. The number of hydrogen-bond donors (Lipinski definition) is 0. The molecule has 0 fully saturated rings. The van der Waals surface area contributed by atoms with Crippen molar-refractivity contribution < 1.29 is 23.9 Å². The van der Waals surface area contributed by atoms with Gasteiger partial charge in [-0.25, -0.2) is 9.59 Å². The Labute approximate surface area is 214 Å². The highest BCUT2D eigenvalue weighted by molar-refractivity contribution is 9.10. The van der Waals surface area contributed by atoms with Gasteiger partial charge < -0.3 is 13.9 Å². The average molecular weight is 545 g/mol. The van der Waals surface area contributed by atoms with Crippen LogP contribution in [0.4, 0.5) is 0 Å². The highest BCUT2D eigenvalue weighted by Crippen LogP contribution is 2.34. The Morgan fingerprint density at radius 3 is 2.17 bits per heavy atom. The summed E-state index contributed by atoms with van der Waals surface area (Å²) in [5.74, 6) is -1.91. The molecule has 0 aliphatic carbocycles. The molecule has 36 heavy (non-hydrogen) atoms. The Balaban J connectivity index is 2.00. The first-order valence-electron chi connectivity index (χ1n) is 11.5. The predicted octanol–water partition coefficient (Wildman–Crippen LogP) is 5.99. The molecule has 3 heterocycles. The first-order chi connectivity index (χ1) is 17.5. The van der Waals surface area contributed by atoms with Crippen molar-refractivity contribution in [3.63, 3.8) is 0 Å². The minimum atomic E-state index is -0.772. The molecule has 0 spiro atoms. The van der Waals surface area contributed by atoms with Crippen LogP contribution in [0, 0.1) is 0 Å². The molecule has 5 aromatic rings. The summed E-state index contributed by atoms with van der Waals surface area (Å²) in [6, 6.07) is 18.0. The van der Waals surface area contributed by atoms with Crippen molar-refractivity contribution in [1.29, 1.82) is 0 Å². The molecule has 0 aliphatic rings. The highest BCUT2D eigenvalue weighted by atomic mass is 79.9. The number of fused-ring (bicyclic) bond motifs is 5. The number of carbonyl (C=O) groups excluding carboxylic acids is 3. The van der Waals surface area contributed by atoms with E-state index in [4.69, 9.17) is 9.47 Å². The number of benzene rings is 2. The zero-order chi connectivity index (χ0) is 25.4. The van der Waals surface area contributed by atoms with E-state index >= 15 is 0 Å². The number of rotatable bonds is 6. The third-order valence-corrected chi connectivity index (χ3v) is 6.44. The molecule has 0 bridgehead atoms. The van der Waals surface area contributed by atoms with Crippen LogP contribution in [0.2, 0.25) is 0 Å². The molecule has 0 aliphatic heterocycles. The molecule has 0 unspecified atom stereocenters. The van der Waals surface area contributed by atoms with E-state index in [1.165, 1.54) is 0 Å². The summed E-state index contributed by atoms with van der Waals surface area (Å²) >= 11 is 3.39. The maximum Gasteiger partial charge on any atom is 0.341 e. The van der Waals surface area contributed by atoms with Crippen molar-refractivity contribution in [2.45, 2.75) is 13.8 Å². The van der Waals surface area contributed by atoms with Crippen LogP contribution in [0.3, 0.4) is 0 Å². The van der Waals surface area contributed by atoms with Gasteiger partial charge in [0.25, 0.3) is 0 Å². The summed E-state index contributed by atoms with van der Waals surface area (Å²) in [6.45, 7) is 3.53. The standard InChI is InChI=1S/C28H21BrN2O5/c1-3-35-27(33)21-20-14-11-17-8-7-16-6-5-15-30-23(16)24(17)31(20)25(22(21)28(34)36-4-2)26(32)18-9-12-19(29)13-10-18/h5-15H,3-4H2,1-2H3. The van der Waals surface area contributed by atoms with Gasteiger partial charge in [0.05, 0.1) is 29.8 Å². The molecule has 8 heteroatoms. The van der Waals surface area contributed by atoms with E-state index in [0.29, 0.717) is 22.1 Å².